The molecule has 21 heavy (non-hydrogen) atoms. The Morgan fingerprint density at radius 1 is 1.52 bits per heavy atom. The van der Waals surface area contributed by atoms with Crippen LogP contribution in [0.5, 0.6) is 0 Å². The summed E-state index contributed by atoms with van der Waals surface area (Å²) >= 11 is 7.32. The molecule has 2 aromatic rings. The second-order valence-electron chi connectivity index (χ2n) is 4.68. The van der Waals surface area contributed by atoms with Gasteiger partial charge < -0.3 is 5.73 Å². The highest BCUT2D eigenvalue weighted by molar-refractivity contribution is 7.98. The van der Waals surface area contributed by atoms with Crippen LogP contribution in [0.4, 0.5) is 0 Å². The molecular formula is C13H14ClN5OS. The number of carbonyl (C=O) groups is 1. The summed E-state index contributed by atoms with van der Waals surface area (Å²) in [7, 11) is 0. The third kappa shape index (κ3) is 2.40. The van der Waals surface area contributed by atoms with Gasteiger partial charge in [-0.05, 0) is 24.7 Å². The molecule has 1 amide bonds. The van der Waals surface area contributed by atoms with E-state index in [1.807, 2.05) is 12.5 Å². The molecule has 0 unspecified atom stereocenters. The average Bonchev–Trinajstić information content (AvgIpc) is 2.86. The molecule has 6 nitrogen and oxygen atoms in total. The predicted molar refractivity (Wildman–Crippen MR) is 81.7 cm³/mol. The van der Waals surface area contributed by atoms with Crippen LogP contribution >= 0.6 is 23.4 Å². The summed E-state index contributed by atoms with van der Waals surface area (Å²) in [5.74, 6) is -0.107. The van der Waals surface area contributed by atoms with E-state index in [1.165, 1.54) is 11.8 Å². The standard InChI is InChI=1S/C13H14ClN5OS/c1-21-13-16-6-7-2-3-8-10(12(15)20)18-19(5-4-14)11(8)9(7)17-13/h6H,2-5H2,1H3,(H2,15,20). The van der Waals surface area contributed by atoms with Crippen LogP contribution in [0.15, 0.2) is 11.4 Å². The van der Waals surface area contributed by atoms with Crippen molar-refractivity contribution in [1.82, 2.24) is 19.7 Å². The van der Waals surface area contributed by atoms with Gasteiger partial charge in [0.15, 0.2) is 10.9 Å². The number of hydrogen-bond donors (Lipinski definition) is 1. The lowest BCUT2D eigenvalue weighted by Gasteiger charge is -2.17. The molecule has 3 rings (SSSR count). The lowest BCUT2D eigenvalue weighted by Crippen LogP contribution is -2.15. The number of primary amides is 1. The van der Waals surface area contributed by atoms with Crippen LogP contribution in [-0.2, 0) is 19.4 Å². The number of hydrogen-bond acceptors (Lipinski definition) is 5. The third-order valence-corrected chi connectivity index (χ3v) is 4.20. The van der Waals surface area contributed by atoms with E-state index in [2.05, 4.69) is 15.1 Å². The fraction of sp³-hybridized carbons (Fsp3) is 0.385. The Balaban J connectivity index is 2.24. The molecule has 1 aliphatic rings. The number of amides is 1. The molecule has 0 fully saturated rings. The van der Waals surface area contributed by atoms with Gasteiger partial charge in [0.05, 0.1) is 17.9 Å². The lowest BCUT2D eigenvalue weighted by atomic mass is 9.93. The normalized spacial score (nSPS) is 12.9. The van der Waals surface area contributed by atoms with E-state index in [9.17, 15) is 4.79 Å². The molecule has 0 saturated heterocycles. The number of nitrogens with zero attached hydrogens (tertiary/aromatic N) is 4. The highest BCUT2D eigenvalue weighted by atomic mass is 35.5. The number of halogens is 1. The van der Waals surface area contributed by atoms with Crippen molar-refractivity contribution in [1.29, 1.82) is 0 Å². The van der Waals surface area contributed by atoms with Gasteiger partial charge in [0.2, 0.25) is 0 Å². The SMILES string of the molecule is CSc1ncc2c(n1)-c1c(c(C(N)=O)nn1CCCl)CC2. The van der Waals surface area contributed by atoms with Crippen molar-refractivity contribution >= 4 is 29.3 Å². The molecule has 8 heteroatoms. The largest absolute Gasteiger partial charge is 0.364 e. The van der Waals surface area contributed by atoms with Gasteiger partial charge >= 0.3 is 0 Å². The van der Waals surface area contributed by atoms with Crippen LogP contribution in [0.1, 0.15) is 21.6 Å². The number of alkyl halides is 1. The fourth-order valence-corrected chi connectivity index (χ4v) is 3.08. The molecule has 0 spiro atoms. The molecule has 0 aromatic carbocycles. The van der Waals surface area contributed by atoms with Gasteiger partial charge in [-0.25, -0.2) is 9.97 Å². The van der Waals surface area contributed by atoms with Gasteiger partial charge in [-0.3, -0.25) is 9.48 Å². The van der Waals surface area contributed by atoms with E-state index in [0.717, 1.165) is 28.9 Å². The first-order chi connectivity index (χ1) is 10.2. The monoisotopic (exact) mass is 323 g/mol. The summed E-state index contributed by atoms with van der Waals surface area (Å²) in [6, 6.07) is 0. The van der Waals surface area contributed by atoms with Crippen molar-refractivity contribution in [2.45, 2.75) is 24.5 Å². The number of rotatable bonds is 4. The van der Waals surface area contributed by atoms with Gasteiger partial charge in [0.25, 0.3) is 5.91 Å². The van der Waals surface area contributed by atoms with Crippen molar-refractivity contribution in [3.05, 3.63) is 23.0 Å². The zero-order valence-corrected chi connectivity index (χ0v) is 13.0. The van der Waals surface area contributed by atoms with Crippen molar-refractivity contribution in [3.8, 4) is 11.4 Å². The molecule has 0 atom stereocenters. The maximum atomic E-state index is 11.6. The van der Waals surface area contributed by atoms with Crippen LogP contribution in [0.3, 0.4) is 0 Å². The second-order valence-corrected chi connectivity index (χ2v) is 5.83. The molecule has 0 bridgehead atoms. The van der Waals surface area contributed by atoms with Gasteiger partial charge in [0, 0.05) is 17.6 Å². The Morgan fingerprint density at radius 3 is 3.00 bits per heavy atom. The molecule has 0 aliphatic heterocycles. The summed E-state index contributed by atoms with van der Waals surface area (Å²) in [5.41, 5.74) is 9.38. The lowest BCUT2D eigenvalue weighted by molar-refractivity contribution is 0.0994. The summed E-state index contributed by atoms with van der Waals surface area (Å²) in [6.45, 7) is 0.509. The number of thioether (sulfide) groups is 1. The number of aromatic nitrogens is 4. The highest BCUT2D eigenvalue weighted by Crippen LogP contribution is 2.34. The van der Waals surface area contributed by atoms with Gasteiger partial charge in [-0.2, -0.15) is 5.10 Å². The van der Waals surface area contributed by atoms with E-state index in [-0.39, 0.29) is 0 Å². The summed E-state index contributed by atoms with van der Waals surface area (Å²) < 4.78 is 1.73. The molecular weight excluding hydrogens is 310 g/mol. The molecule has 1 aliphatic carbocycles. The third-order valence-electron chi connectivity index (χ3n) is 3.47. The number of fused-ring (bicyclic) bond motifs is 3. The predicted octanol–water partition coefficient (Wildman–Crippen LogP) is 1.50. The number of aryl methyl sites for hydroxylation is 2. The van der Waals surface area contributed by atoms with E-state index in [1.54, 1.807) is 4.68 Å². The van der Waals surface area contributed by atoms with Crippen LogP contribution in [0.25, 0.3) is 11.4 Å². The highest BCUT2D eigenvalue weighted by Gasteiger charge is 2.28. The Kier molecular flexibility index (Phi) is 3.86. The molecule has 2 heterocycles. The molecule has 110 valence electrons. The molecule has 0 radical (unpaired) electrons. The van der Waals surface area contributed by atoms with Crippen molar-refractivity contribution < 1.29 is 4.79 Å². The van der Waals surface area contributed by atoms with E-state index < -0.39 is 5.91 Å². The topological polar surface area (TPSA) is 86.7 Å². The molecule has 0 saturated carbocycles. The Labute approximate surface area is 131 Å². The zero-order valence-electron chi connectivity index (χ0n) is 11.5. The summed E-state index contributed by atoms with van der Waals surface area (Å²) in [6.07, 6.45) is 5.27. The Morgan fingerprint density at radius 2 is 2.33 bits per heavy atom. The average molecular weight is 324 g/mol. The van der Waals surface area contributed by atoms with Crippen LogP contribution in [0.2, 0.25) is 0 Å². The smallest absolute Gasteiger partial charge is 0.269 e. The minimum absolute atomic E-state index is 0.324. The van der Waals surface area contributed by atoms with Crippen LogP contribution < -0.4 is 5.73 Å². The Bertz CT molecular complexity index is 715. The van der Waals surface area contributed by atoms with E-state index >= 15 is 0 Å². The van der Waals surface area contributed by atoms with Gasteiger partial charge in [-0.15, -0.1) is 11.6 Å². The van der Waals surface area contributed by atoms with Crippen LogP contribution in [-0.4, -0.2) is 37.8 Å². The van der Waals surface area contributed by atoms with E-state index in [4.69, 9.17) is 17.3 Å². The maximum Gasteiger partial charge on any atom is 0.269 e. The second kappa shape index (κ2) is 5.65. The fourth-order valence-electron chi connectivity index (χ4n) is 2.58. The first-order valence-electron chi connectivity index (χ1n) is 6.51. The maximum absolute atomic E-state index is 11.6. The van der Waals surface area contributed by atoms with Crippen molar-refractivity contribution in [3.63, 3.8) is 0 Å². The first kappa shape index (κ1) is 14.3. The van der Waals surface area contributed by atoms with Crippen molar-refractivity contribution in [2.24, 2.45) is 5.73 Å². The quantitative estimate of drug-likeness (QED) is 0.523. The number of carbonyl (C=O) groups excluding carboxylic acids is 1. The Hall–Kier alpha value is -1.60. The van der Waals surface area contributed by atoms with Crippen molar-refractivity contribution in [2.75, 3.05) is 12.1 Å². The van der Waals surface area contributed by atoms with Crippen LogP contribution in [0, 0.1) is 0 Å². The molecule has 2 N–H and O–H groups in total. The number of nitrogens with two attached hydrogens (primary N) is 1. The first-order valence-corrected chi connectivity index (χ1v) is 8.27. The molecule has 2 aromatic heterocycles. The van der Waals surface area contributed by atoms with E-state index in [0.29, 0.717) is 29.7 Å². The minimum Gasteiger partial charge on any atom is -0.364 e. The summed E-state index contributed by atoms with van der Waals surface area (Å²) in [4.78, 5) is 20.5. The summed E-state index contributed by atoms with van der Waals surface area (Å²) in [5, 5.41) is 5.02. The minimum atomic E-state index is -0.512. The van der Waals surface area contributed by atoms with Gasteiger partial charge in [-0.1, -0.05) is 11.8 Å². The van der Waals surface area contributed by atoms with Gasteiger partial charge in [0.1, 0.15) is 0 Å². The zero-order chi connectivity index (χ0) is 15.0.